The quantitative estimate of drug-likeness (QED) is 0.801. The first-order valence-corrected chi connectivity index (χ1v) is 8.94. The molecular formula is C19H22F2N4S. The molecule has 7 heteroatoms. The van der Waals surface area contributed by atoms with Gasteiger partial charge in [-0.1, -0.05) is 12.1 Å². The summed E-state index contributed by atoms with van der Waals surface area (Å²) in [4.78, 5) is 4.71. The Labute approximate surface area is 157 Å². The van der Waals surface area contributed by atoms with E-state index >= 15 is 0 Å². The van der Waals surface area contributed by atoms with E-state index in [4.69, 9.17) is 12.2 Å². The molecule has 0 radical (unpaired) electrons. The zero-order chi connectivity index (χ0) is 18.5. The number of nitrogens with zero attached hydrogens (tertiary/aromatic N) is 2. The van der Waals surface area contributed by atoms with Gasteiger partial charge in [0.1, 0.15) is 0 Å². The molecule has 0 saturated carbocycles. The lowest BCUT2D eigenvalue weighted by molar-refractivity contribution is 0.313. The van der Waals surface area contributed by atoms with E-state index in [2.05, 4.69) is 51.7 Å². The normalized spacial score (nSPS) is 15.0. The third kappa shape index (κ3) is 4.89. The van der Waals surface area contributed by atoms with Crippen LogP contribution < -0.4 is 15.5 Å². The monoisotopic (exact) mass is 376 g/mol. The predicted molar refractivity (Wildman–Crippen MR) is 106 cm³/mol. The largest absolute Gasteiger partial charge is 0.369 e. The van der Waals surface area contributed by atoms with Crippen LogP contribution in [0.4, 0.5) is 20.2 Å². The minimum Gasteiger partial charge on any atom is -0.369 e. The molecule has 0 unspecified atom stereocenters. The third-order valence-corrected chi connectivity index (χ3v) is 4.68. The van der Waals surface area contributed by atoms with Crippen molar-refractivity contribution in [3.05, 3.63) is 59.7 Å². The molecule has 0 aromatic heterocycles. The molecule has 2 aromatic rings. The highest BCUT2D eigenvalue weighted by Gasteiger charge is 2.13. The molecule has 2 N–H and O–H groups in total. The number of nitrogens with one attached hydrogen (secondary N) is 2. The van der Waals surface area contributed by atoms with Crippen LogP contribution in [-0.4, -0.2) is 43.2 Å². The van der Waals surface area contributed by atoms with Crippen LogP contribution in [0.25, 0.3) is 0 Å². The minimum absolute atomic E-state index is 0.360. The van der Waals surface area contributed by atoms with Crippen LogP contribution in [0, 0.1) is 11.6 Å². The molecule has 2 aromatic carbocycles. The Kier molecular flexibility index (Phi) is 6.00. The fraction of sp³-hybridized carbons (Fsp3) is 0.316. The number of hydrogen-bond donors (Lipinski definition) is 2. The summed E-state index contributed by atoms with van der Waals surface area (Å²) in [6.07, 6.45) is 0. The van der Waals surface area contributed by atoms with Crippen molar-refractivity contribution in [1.82, 2.24) is 10.2 Å². The molecule has 0 aliphatic carbocycles. The Bertz CT molecular complexity index is 759. The average molecular weight is 376 g/mol. The second-order valence-corrected chi connectivity index (χ2v) is 6.80. The first kappa shape index (κ1) is 18.5. The number of likely N-dealkylation sites (N-methyl/N-ethyl adjacent to an activating group) is 1. The van der Waals surface area contributed by atoms with Crippen molar-refractivity contribution in [2.45, 2.75) is 6.54 Å². The van der Waals surface area contributed by atoms with Gasteiger partial charge in [0.05, 0.1) is 0 Å². The van der Waals surface area contributed by atoms with Crippen LogP contribution in [0.2, 0.25) is 0 Å². The maximum absolute atomic E-state index is 13.2. The highest BCUT2D eigenvalue weighted by atomic mass is 32.1. The summed E-state index contributed by atoms with van der Waals surface area (Å²) >= 11 is 5.20. The van der Waals surface area contributed by atoms with Crippen molar-refractivity contribution in [3.8, 4) is 0 Å². The number of piperazine rings is 1. The van der Waals surface area contributed by atoms with Crippen LogP contribution in [-0.2, 0) is 6.54 Å². The SMILES string of the molecule is CN1CCN(c2ccc(CNC(=S)Nc3ccc(F)c(F)c3)cc2)CC1. The van der Waals surface area contributed by atoms with E-state index in [1.54, 1.807) is 0 Å². The molecule has 1 heterocycles. The second kappa shape index (κ2) is 8.42. The predicted octanol–water partition coefficient (Wildman–Crippen LogP) is 3.20. The average Bonchev–Trinajstić information content (AvgIpc) is 2.64. The lowest BCUT2D eigenvalue weighted by Gasteiger charge is -2.34. The van der Waals surface area contributed by atoms with Gasteiger partial charge in [0, 0.05) is 50.2 Å². The summed E-state index contributed by atoms with van der Waals surface area (Å²) in [7, 11) is 2.14. The second-order valence-electron chi connectivity index (χ2n) is 6.39. The molecule has 3 rings (SSSR count). The van der Waals surface area contributed by atoms with Crippen LogP contribution in [0.1, 0.15) is 5.56 Å². The number of anilines is 2. The van der Waals surface area contributed by atoms with Gasteiger partial charge < -0.3 is 20.4 Å². The van der Waals surface area contributed by atoms with Gasteiger partial charge in [-0.2, -0.15) is 0 Å². The lowest BCUT2D eigenvalue weighted by Crippen LogP contribution is -2.44. The Morgan fingerprint density at radius 3 is 2.35 bits per heavy atom. The van der Waals surface area contributed by atoms with Crippen LogP contribution in [0.5, 0.6) is 0 Å². The summed E-state index contributed by atoms with van der Waals surface area (Å²) in [5, 5.41) is 6.28. The molecule has 1 saturated heterocycles. The fourth-order valence-corrected chi connectivity index (χ4v) is 3.01. The summed E-state index contributed by atoms with van der Waals surface area (Å²) in [5.74, 6) is -1.79. The van der Waals surface area contributed by atoms with Gasteiger partial charge in [0.25, 0.3) is 0 Å². The Balaban J connectivity index is 1.49. The van der Waals surface area contributed by atoms with Gasteiger partial charge in [0.2, 0.25) is 0 Å². The van der Waals surface area contributed by atoms with Crippen molar-refractivity contribution in [2.24, 2.45) is 0 Å². The van der Waals surface area contributed by atoms with Gasteiger partial charge in [-0.05, 0) is 49.1 Å². The Morgan fingerprint density at radius 1 is 1.00 bits per heavy atom. The van der Waals surface area contributed by atoms with Crippen molar-refractivity contribution in [1.29, 1.82) is 0 Å². The maximum Gasteiger partial charge on any atom is 0.171 e. The zero-order valence-corrected chi connectivity index (χ0v) is 15.5. The smallest absolute Gasteiger partial charge is 0.171 e. The van der Waals surface area contributed by atoms with Crippen LogP contribution in [0.15, 0.2) is 42.5 Å². The summed E-state index contributed by atoms with van der Waals surface area (Å²) in [6, 6.07) is 12.0. The molecule has 1 aliphatic heterocycles. The van der Waals surface area contributed by atoms with Crippen molar-refractivity contribution < 1.29 is 8.78 Å². The lowest BCUT2D eigenvalue weighted by atomic mass is 10.2. The van der Waals surface area contributed by atoms with E-state index in [-0.39, 0.29) is 0 Å². The minimum atomic E-state index is -0.905. The van der Waals surface area contributed by atoms with Gasteiger partial charge in [-0.15, -0.1) is 0 Å². The summed E-state index contributed by atoms with van der Waals surface area (Å²) < 4.78 is 26.1. The standard InChI is InChI=1S/C19H22F2N4S/c1-24-8-10-25(11-9-24)16-5-2-14(3-6-16)13-22-19(26)23-15-4-7-17(20)18(21)12-15/h2-7,12H,8-11,13H2,1H3,(H2,22,23,26). The van der Waals surface area contributed by atoms with Gasteiger partial charge >= 0.3 is 0 Å². The molecule has 138 valence electrons. The number of hydrogen-bond acceptors (Lipinski definition) is 3. The molecule has 0 atom stereocenters. The number of benzene rings is 2. The number of thiocarbonyl (C=S) groups is 1. The van der Waals surface area contributed by atoms with E-state index in [0.717, 1.165) is 43.9 Å². The molecule has 4 nitrogen and oxygen atoms in total. The first-order chi connectivity index (χ1) is 12.5. The number of rotatable bonds is 4. The molecule has 1 aliphatic rings. The van der Waals surface area contributed by atoms with Gasteiger partial charge in [-0.3, -0.25) is 0 Å². The van der Waals surface area contributed by atoms with E-state index in [1.807, 2.05) is 0 Å². The molecule has 0 bridgehead atoms. The third-order valence-electron chi connectivity index (χ3n) is 4.44. The van der Waals surface area contributed by atoms with E-state index < -0.39 is 11.6 Å². The highest BCUT2D eigenvalue weighted by molar-refractivity contribution is 7.80. The van der Waals surface area contributed by atoms with Crippen LogP contribution in [0.3, 0.4) is 0 Å². The van der Waals surface area contributed by atoms with Gasteiger partial charge in [-0.25, -0.2) is 8.78 Å². The Hall–Kier alpha value is -2.25. The van der Waals surface area contributed by atoms with Crippen molar-refractivity contribution in [2.75, 3.05) is 43.4 Å². The van der Waals surface area contributed by atoms with Gasteiger partial charge in [0.15, 0.2) is 16.7 Å². The van der Waals surface area contributed by atoms with E-state index in [0.29, 0.717) is 17.3 Å². The molecule has 0 amide bonds. The molecular weight excluding hydrogens is 354 g/mol. The first-order valence-electron chi connectivity index (χ1n) is 8.53. The summed E-state index contributed by atoms with van der Waals surface area (Å²) in [5.41, 5.74) is 2.73. The molecule has 26 heavy (non-hydrogen) atoms. The topological polar surface area (TPSA) is 30.5 Å². The highest BCUT2D eigenvalue weighted by Crippen LogP contribution is 2.17. The summed E-state index contributed by atoms with van der Waals surface area (Å²) in [6.45, 7) is 4.78. The number of halogens is 2. The van der Waals surface area contributed by atoms with Crippen molar-refractivity contribution >= 4 is 28.7 Å². The van der Waals surface area contributed by atoms with E-state index in [1.165, 1.54) is 11.8 Å². The van der Waals surface area contributed by atoms with E-state index in [9.17, 15) is 8.78 Å². The van der Waals surface area contributed by atoms with Crippen molar-refractivity contribution in [3.63, 3.8) is 0 Å². The Morgan fingerprint density at radius 2 is 1.69 bits per heavy atom. The maximum atomic E-state index is 13.2. The fourth-order valence-electron chi connectivity index (χ4n) is 2.82. The molecule has 1 fully saturated rings. The zero-order valence-electron chi connectivity index (χ0n) is 14.6. The molecule has 0 spiro atoms. The van der Waals surface area contributed by atoms with Crippen LogP contribution >= 0.6 is 12.2 Å².